The second kappa shape index (κ2) is 5.90. The van der Waals surface area contributed by atoms with Gasteiger partial charge in [0.25, 0.3) is 0 Å². The first kappa shape index (κ1) is 13.5. The van der Waals surface area contributed by atoms with Gasteiger partial charge in [0, 0.05) is 28.7 Å². The fourth-order valence-corrected chi connectivity index (χ4v) is 3.66. The van der Waals surface area contributed by atoms with E-state index in [1.807, 2.05) is 12.1 Å². The molecule has 19 heavy (non-hydrogen) atoms. The van der Waals surface area contributed by atoms with Crippen LogP contribution in [0.25, 0.3) is 0 Å². The summed E-state index contributed by atoms with van der Waals surface area (Å²) in [4.78, 5) is 2.61. The van der Waals surface area contributed by atoms with Crippen molar-refractivity contribution in [3.8, 4) is 0 Å². The number of halogens is 2. The number of hydrogen-bond acceptors (Lipinski definition) is 2. The maximum atomic E-state index is 13.7. The predicted octanol–water partition coefficient (Wildman–Crippen LogP) is 3.30. The van der Waals surface area contributed by atoms with E-state index in [4.69, 9.17) is 0 Å². The molecule has 2 nitrogen and oxygen atoms in total. The van der Waals surface area contributed by atoms with E-state index in [1.165, 1.54) is 44.8 Å². The molecule has 2 saturated heterocycles. The van der Waals surface area contributed by atoms with Crippen molar-refractivity contribution in [2.24, 2.45) is 0 Å². The summed E-state index contributed by atoms with van der Waals surface area (Å²) in [5.41, 5.74) is 0.761. The first-order chi connectivity index (χ1) is 9.22. The van der Waals surface area contributed by atoms with Crippen LogP contribution in [-0.2, 0) is 6.54 Å². The topological polar surface area (TPSA) is 15.3 Å². The summed E-state index contributed by atoms with van der Waals surface area (Å²) in [5.74, 6) is -0.125. The van der Waals surface area contributed by atoms with Gasteiger partial charge in [0.2, 0.25) is 0 Å². The van der Waals surface area contributed by atoms with Crippen LogP contribution < -0.4 is 5.32 Å². The van der Waals surface area contributed by atoms with Gasteiger partial charge >= 0.3 is 0 Å². The quantitative estimate of drug-likeness (QED) is 0.916. The summed E-state index contributed by atoms with van der Waals surface area (Å²) < 4.78 is 14.5. The second-order valence-electron chi connectivity index (χ2n) is 5.67. The van der Waals surface area contributed by atoms with Gasteiger partial charge in [0.1, 0.15) is 5.82 Å². The highest BCUT2D eigenvalue weighted by Gasteiger charge is 2.31. The Bertz CT molecular complexity index is 452. The third-order valence-corrected chi connectivity index (χ3v) is 4.91. The third kappa shape index (κ3) is 3.18. The summed E-state index contributed by atoms with van der Waals surface area (Å²) in [6, 6.07) is 6.61. The van der Waals surface area contributed by atoms with Crippen LogP contribution in [0.3, 0.4) is 0 Å². The molecule has 4 heteroatoms. The zero-order valence-electron chi connectivity index (χ0n) is 11.0. The molecule has 2 aliphatic rings. The lowest BCUT2D eigenvalue weighted by Crippen LogP contribution is -2.45. The molecule has 0 amide bonds. The molecular weight excluding hydrogens is 307 g/mol. The maximum Gasteiger partial charge on any atom is 0.128 e. The molecule has 104 valence electrons. The van der Waals surface area contributed by atoms with Crippen molar-refractivity contribution in [2.45, 2.75) is 44.3 Å². The van der Waals surface area contributed by atoms with E-state index in [-0.39, 0.29) is 5.82 Å². The number of piperidine rings is 1. The van der Waals surface area contributed by atoms with Crippen LogP contribution in [0.5, 0.6) is 0 Å². The normalized spacial score (nSPS) is 27.5. The smallest absolute Gasteiger partial charge is 0.128 e. The fourth-order valence-electron chi connectivity index (χ4n) is 3.33. The van der Waals surface area contributed by atoms with Crippen LogP contribution in [0.1, 0.15) is 31.2 Å². The van der Waals surface area contributed by atoms with Crippen molar-refractivity contribution >= 4 is 15.9 Å². The summed E-state index contributed by atoms with van der Waals surface area (Å²) in [7, 11) is 0. The first-order valence-electron chi connectivity index (χ1n) is 7.14. The lowest BCUT2D eigenvalue weighted by Gasteiger charge is -2.35. The maximum absolute atomic E-state index is 13.7. The molecule has 2 unspecified atom stereocenters. The van der Waals surface area contributed by atoms with E-state index in [1.54, 1.807) is 0 Å². The van der Waals surface area contributed by atoms with Gasteiger partial charge in [-0.25, -0.2) is 4.39 Å². The lowest BCUT2D eigenvalue weighted by molar-refractivity contribution is 0.166. The molecular formula is C15H20BrFN2. The number of hydrogen-bond donors (Lipinski definition) is 1. The minimum absolute atomic E-state index is 0.125. The zero-order chi connectivity index (χ0) is 13.2. The van der Waals surface area contributed by atoms with Gasteiger partial charge in [-0.2, -0.15) is 0 Å². The largest absolute Gasteiger partial charge is 0.310 e. The molecule has 1 N–H and O–H groups in total. The molecule has 2 fully saturated rings. The van der Waals surface area contributed by atoms with Gasteiger partial charge in [-0.15, -0.1) is 0 Å². The Labute approximate surface area is 122 Å². The number of nitrogens with zero attached hydrogens (tertiary/aromatic N) is 1. The van der Waals surface area contributed by atoms with Crippen LogP contribution in [0.2, 0.25) is 0 Å². The second-order valence-corrected chi connectivity index (χ2v) is 6.59. The number of benzene rings is 1. The highest BCUT2D eigenvalue weighted by Crippen LogP contribution is 2.27. The molecule has 0 spiro atoms. The van der Waals surface area contributed by atoms with Crippen molar-refractivity contribution in [1.82, 2.24) is 10.2 Å². The minimum atomic E-state index is -0.125. The van der Waals surface area contributed by atoms with E-state index in [0.29, 0.717) is 12.6 Å². The molecule has 0 bridgehead atoms. The molecule has 2 heterocycles. The molecule has 1 aromatic rings. The molecule has 0 saturated carbocycles. The molecule has 3 rings (SSSR count). The molecule has 2 atom stereocenters. The monoisotopic (exact) mass is 326 g/mol. The molecule has 0 radical (unpaired) electrons. The molecule has 2 aliphatic heterocycles. The van der Waals surface area contributed by atoms with Crippen LogP contribution in [0, 0.1) is 5.82 Å². The fraction of sp³-hybridized carbons (Fsp3) is 0.600. The average molecular weight is 327 g/mol. The highest BCUT2D eigenvalue weighted by molar-refractivity contribution is 9.10. The Kier molecular flexibility index (Phi) is 4.20. The number of rotatable bonds is 3. The Hall–Kier alpha value is -0.450. The average Bonchev–Trinajstić information content (AvgIpc) is 2.85. The number of nitrogens with one attached hydrogen (secondary N) is 1. The summed E-state index contributed by atoms with van der Waals surface area (Å²) in [5, 5.41) is 3.53. The van der Waals surface area contributed by atoms with E-state index in [0.717, 1.165) is 16.1 Å². The SMILES string of the molecule is Fc1cc(Br)ccc1CNC1CCN2CCCC2C1. The Morgan fingerprint density at radius 2 is 2.21 bits per heavy atom. The van der Waals surface area contributed by atoms with E-state index < -0.39 is 0 Å². The Balaban J connectivity index is 1.54. The van der Waals surface area contributed by atoms with Gasteiger partial charge in [0.05, 0.1) is 0 Å². The van der Waals surface area contributed by atoms with Crippen LogP contribution in [-0.4, -0.2) is 30.1 Å². The van der Waals surface area contributed by atoms with Crippen molar-refractivity contribution in [3.63, 3.8) is 0 Å². The van der Waals surface area contributed by atoms with Crippen molar-refractivity contribution in [1.29, 1.82) is 0 Å². The minimum Gasteiger partial charge on any atom is -0.310 e. The highest BCUT2D eigenvalue weighted by atomic mass is 79.9. The third-order valence-electron chi connectivity index (χ3n) is 4.42. The van der Waals surface area contributed by atoms with Gasteiger partial charge in [-0.1, -0.05) is 22.0 Å². The summed E-state index contributed by atoms with van der Waals surface area (Å²) in [6.45, 7) is 3.11. The van der Waals surface area contributed by atoms with E-state index in [9.17, 15) is 4.39 Å². The molecule has 1 aromatic carbocycles. The summed E-state index contributed by atoms with van der Waals surface area (Å²) in [6.07, 6.45) is 5.09. The first-order valence-corrected chi connectivity index (χ1v) is 7.93. The van der Waals surface area contributed by atoms with Crippen LogP contribution in [0.4, 0.5) is 4.39 Å². The molecule has 0 aliphatic carbocycles. The Morgan fingerprint density at radius 3 is 3.05 bits per heavy atom. The Morgan fingerprint density at radius 1 is 1.32 bits per heavy atom. The van der Waals surface area contributed by atoms with Crippen molar-refractivity contribution < 1.29 is 4.39 Å². The van der Waals surface area contributed by atoms with Crippen LogP contribution >= 0.6 is 15.9 Å². The van der Waals surface area contributed by atoms with Gasteiger partial charge in [-0.3, -0.25) is 0 Å². The van der Waals surface area contributed by atoms with Gasteiger partial charge < -0.3 is 10.2 Å². The molecule has 0 aromatic heterocycles. The van der Waals surface area contributed by atoms with E-state index in [2.05, 4.69) is 26.1 Å². The van der Waals surface area contributed by atoms with Crippen molar-refractivity contribution in [3.05, 3.63) is 34.1 Å². The van der Waals surface area contributed by atoms with Gasteiger partial charge in [-0.05, 0) is 50.9 Å². The standard InChI is InChI=1S/C15H20BrFN2/c16-12-4-3-11(15(17)8-12)10-18-13-5-7-19-6-1-2-14(19)9-13/h3-4,8,13-14,18H,1-2,5-7,9-10H2. The summed E-state index contributed by atoms with van der Waals surface area (Å²) >= 11 is 3.29. The van der Waals surface area contributed by atoms with Gasteiger partial charge in [0.15, 0.2) is 0 Å². The number of fused-ring (bicyclic) bond motifs is 1. The van der Waals surface area contributed by atoms with E-state index >= 15 is 0 Å². The zero-order valence-corrected chi connectivity index (χ0v) is 12.6. The van der Waals surface area contributed by atoms with Crippen molar-refractivity contribution in [2.75, 3.05) is 13.1 Å². The van der Waals surface area contributed by atoms with Crippen LogP contribution in [0.15, 0.2) is 22.7 Å². The predicted molar refractivity (Wildman–Crippen MR) is 78.6 cm³/mol. The lowest BCUT2D eigenvalue weighted by atomic mass is 9.97.